The first-order valence-corrected chi connectivity index (χ1v) is 2.32. The molecule has 0 rings (SSSR count). The standard InChI is InChI=1S/C5H13N2/c1-4-5-7(2,3)6/h4-5H,6H2,1-3H3/q+1. The predicted molar refractivity (Wildman–Crippen MR) is 31.1 cm³/mol. The van der Waals surface area contributed by atoms with E-state index in [0.717, 1.165) is 0 Å². The van der Waals surface area contributed by atoms with Gasteiger partial charge in [-0.05, 0) is 13.0 Å². The highest BCUT2D eigenvalue weighted by molar-refractivity contribution is 4.63. The van der Waals surface area contributed by atoms with Gasteiger partial charge in [0, 0.05) is 0 Å². The predicted octanol–water partition coefficient (Wildman–Crippen LogP) is 0.470. The Hall–Kier alpha value is -0.340. The second-order valence-corrected chi connectivity index (χ2v) is 2.11. The van der Waals surface area contributed by atoms with Crippen LogP contribution in [0.4, 0.5) is 0 Å². The highest BCUT2D eigenvalue weighted by atomic mass is 15.5. The molecule has 0 atom stereocenters. The molecule has 0 bridgehead atoms. The molecule has 0 fully saturated rings. The molecule has 0 spiro atoms. The second-order valence-electron chi connectivity index (χ2n) is 2.11. The Kier molecular flexibility index (Phi) is 1.99. The van der Waals surface area contributed by atoms with E-state index >= 15 is 0 Å². The van der Waals surface area contributed by atoms with Crippen molar-refractivity contribution in [2.45, 2.75) is 6.92 Å². The maximum absolute atomic E-state index is 5.50. The molecule has 0 aliphatic rings. The monoisotopic (exact) mass is 101 g/mol. The molecule has 42 valence electrons. The zero-order valence-corrected chi connectivity index (χ0v) is 5.18. The Morgan fingerprint density at radius 3 is 1.86 bits per heavy atom. The van der Waals surface area contributed by atoms with Crippen LogP contribution in [0.5, 0.6) is 0 Å². The molecular formula is C5H13N2+. The molecule has 0 aromatic heterocycles. The van der Waals surface area contributed by atoms with Gasteiger partial charge in [-0.1, -0.05) is 0 Å². The summed E-state index contributed by atoms with van der Waals surface area (Å²) >= 11 is 0. The van der Waals surface area contributed by atoms with Crippen molar-refractivity contribution in [2.75, 3.05) is 14.1 Å². The van der Waals surface area contributed by atoms with Gasteiger partial charge in [0.15, 0.2) is 0 Å². The van der Waals surface area contributed by atoms with Gasteiger partial charge in [-0.2, -0.15) is 5.84 Å². The van der Waals surface area contributed by atoms with Crippen molar-refractivity contribution in [3.05, 3.63) is 12.3 Å². The molecule has 0 unspecified atom stereocenters. The molecule has 0 aliphatic carbocycles. The fourth-order valence-electron chi connectivity index (χ4n) is 0.384. The molecule has 0 radical (unpaired) electrons. The molecule has 7 heavy (non-hydrogen) atoms. The Labute approximate surface area is 44.8 Å². The largest absolute Gasteiger partial charge is 0.228 e. The lowest BCUT2D eigenvalue weighted by molar-refractivity contribution is -0.851. The minimum Gasteiger partial charge on any atom is -0.228 e. The van der Waals surface area contributed by atoms with Gasteiger partial charge in [-0.15, -0.1) is 0 Å². The van der Waals surface area contributed by atoms with Crippen LogP contribution in [-0.4, -0.2) is 18.7 Å². The molecule has 2 nitrogen and oxygen atoms in total. The average Bonchev–Trinajstić information content (AvgIpc) is 1.30. The minimum absolute atomic E-state index is 0.413. The summed E-state index contributed by atoms with van der Waals surface area (Å²) in [6, 6.07) is 0. The molecule has 0 amide bonds. The van der Waals surface area contributed by atoms with Crippen LogP contribution in [0.3, 0.4) is 0 Å². The summed E-state index contributed by atoms with van der Waals surface area (Å²) in [6.07, 6.45) is 3.83. The van der Waals surface area contributed by atoms with Crippen LogP contribution in [0.25, 0.3) is 0 Å². The van der Waals surface area contributed by atoms with E-state index in [4.69, 9.17) is 5.84 Å². The molecule has 0 saturated heterocycles. The Bertz CT molecular complexity index is 68.6. The normalized spacial score (nSPS) is 13.1. The van der Waals surface area contributed by atoms with Gasteiger partial charge in [0.05, 0.1) is 14.1 Å². The first-order chi connectivity index (χ1) is 3.06. The molecule has 0 aromatic carbocycles. The summed E-state index contributed by atoms with van der Waals surface area (Å²) in [6.45, 7) is 1.95. The maximum atomic E-state index is 5.50. The van der Waals surface area contributed by atoms with E-state index in [1.807, 2.05) is 33.3 Å². The highest BCUT2D eigenvalue weighted by Crippen LogP contribution is 1.83. The van der Waals surface area contributed by atoms with Crippen LogP contribution in [0.15, 0.2) is 12.3 Å². The summed E-state index contributed by atoms with van der Waals surface area (Å²) < 4.78 is 0.413. The third-order valence-corrected chi connectivity index (χ3v) is 0.533. The van der Waals surface area contributed by atoms with Crippen LogP contribution < -0.4 is 5.84 Å². The van der Waals surface area contributed by atoms with Gasteiger partial charge in [0.25, 0.3) is 0 Å². The minimum atomic E-state index is 0.413. The Balaban J connectivity index is 3.56. The van der Waals surface area contributed by atoms with Crippen molar-refractivity contribution in [1.29, 1.82) is 0 Å². The number of hydrogen-bond donors (Lipinski definition) is 1. The summed E-state index contributed by atoms with van der Waals surface area (Å²) in [5, 5.41) is 0. The van der Waals surface area contributed by atoms with Gasteiger partial charge in [-0.25, -0.2) is 4.59 Å². The summed E-state index contributed by atoms with van der Waals surface area (Å²) in [5.74, 6) is 5.50. The number of rotatable bonds is 1. The first kappa shape index (κ1) is 6.66. The van der Waals surface area contributed by atoms with Gasteiger partial charge in [0.2, 0.25) is 0 Å². The van der Waals surface area contributed by atoms with E-state index in [0.29, 0.717) is 4.59 Å². The zero-order chi connectivity index (χ0) is 5.91. The molecular weight excluding hydrogens is 88.1 g/mol. The Morgan fingerprint density at radius 1 is 1.43 bits per heavy atom. The van der Waals surface area contributed by atoms with Gasteiger partial charge in [-0.3, -0.25) is 0 Å². The van der Waals surface area contributed by atoms with E-state index < -0.39 is 0 Å². The molecule has 0 aliphatic heterocycles. The topological polar surface area (TPSA) is 26.0 Å². The third kappa shape index (κ3) is 5.66. The van der Waals surface area contributed by atoms with E-state index in [1.165, 1.54) is 0 Å². The lowest BCUT2D eigenvalue weighted by Crippen LogP contribution is -2.40. The molecule has 0 heterocycles. The van der Waals surface area contributed by atoms with Crippen LogP contribution in [-0.2, 0) is 0 Å². The van der Waals surface area contributed by atoms with Crippen molar-refractivity contribution in [3.63, 3.8) is 0 Å². The second kappa shape index (κ2) is 2.09. The Morgan fingerprint density at radius 2 is 1.86 bits per heavy atom. The molecule has 0 saturated carbocycles. The smallest absolute Gasteiger partial charge is 0.110 e. The SMILES string of the molecule is CC=C[N+](C)(C)N. The zero-order valence-electron chi connectivity index (χ0n) is 5.18. The molecule has 2 heteroatoms. The van der Waals surface area contributed by atoms with Crippen molar-refractivity contribution in [2.24, 2.45) is 5.84 Å². The van der Waals surface area contributed by atoms with Crippen molar-refractivity contribution in [1.82, 2.24) is 0 Å². The van der Waals surface area contributed by atoms with Gasteiger partial charge in [0.1, 0.15) is 6.20 Å². The van der Waals surface area contributed by atoms with Crippen LogP contribution >= 0.6 is 0 Å². The number of nitrogens with zero attached hydrogens (tertiary/aromatic N) is 1. The van der Waals surface area contributed by atoms with Crippen molar-refractivity contribution in [3.8, 4) is 0 Å². The van der Waals surface area contributed by atoms with Gasteiger partial charge >= 0.3 is 0 Å². The number of quaternary nitrogens is 1. The molecule has 2 N–H and O–H groups in total. The average molecular weight is 101 g/mol. The number of nitrogens with two attached hydrogens (primary N) is 1. The van der Waals surface area contributed by atoms with Crippen molar-refractivity contribution >= 4 is 0 Å². The van der Waals surface area contributed by atoms with Crippen LogP contribution in [0.1, 0.15) is 6.92 Å². The summed E-state index contributed by atoms with van der Waals surface area (Å²) in [5.41, 5.74) is 0. The van der Waals surface area contributed by atoms with E-state index in [9.17, 15) is 0 Å². The lowest BCUT2D eigenvalue weighted by Gasteiger charge is -2.14. The first-order valence-electron chi connectivity index (χ1n) is 2.32. The quantitative estimate of drug-likeness (QED) is 0.290. The number of allylic oxidation sites excluding steroid dienone is 1. The number of hydrogen-bond acceptors (Lipinski definition) is 1. The van der Waals surface area contributed by atoms with Crippen molar-refractivity contribution < 1.29 is 4.59 Å². The fraction of sp³-hybridized carbons (Fsp3) is 0.600. The maximum Gasteiger partial charge on any atom is 0.110 e. The fourth-order valence-corrected chi connectivity index (χ4v) is 0.384. The van der Waals surface area contributed by atoms with E-state index in [-0.39, 0.29) is 0 Å². The van der Waals surface area contributed by atoms with E-state index in [2.05, 4.69) is 0 Å². The van der Waals surface area contributed by atoms with Crippen LogP contribution in [0.2, 0.25) is 0 Å². The van der Waals surface area contributed by atoms with Crippen LogP contribution in [0, 0.1) is 0 Å². The van der Waals surface area contributed by atoms with E-state index in [1.54, 1.807) is 0 Å². The summed E-state index contributed by atoms with van der Waals surface area (Å²) in [4.78, 5) is 0. The van der Waals surface area contributed by atoms with Gasteiger partial charge < -0.3 is 0 Å². The summed E-state index contributed by atoms with van der Waals surface area (Å²) in [7, 11) is 3.81. The highest BCUT2D eigenvalue weighted by Gasteiger charge is 1.97. The molecule has 0 aromatic rings. The lowest BCUT2D eigenvalue weighted by atomic mass is 10.6. The third-order valence-electron chi connectivity index (χ3n) is 0.533.